The molecule has 0 aliphatic rings. The second kappa shape index (κ2) is 3.72. The summed E-state index contributed by atoms with van der Waals surface area (Å²) in [6, 6.07) is 6.33. The van der Waals surface area contributed by atoms with Gasteiger partial charge >= 0.3 is 0 Å². The van der Waals surface area contributed by atoms with Crippen LogP contribution in [-0.4, -0.2) is 9.78 Å². The predicted octanol–water partition coefficient (Wildman–Crippen LogP) is 1.78. The first kappa shape index (κ1) is 10.8. The van der Waals surface area contributed by atoms with E-state index < -0.39 is 5.54 Å². The Labute approximate surface area is 93.7 Å². The van der Waals surface area contributed by atoms with E-state index in [0.717, 1.165) is 11.1 Å². The number of aromatic nitrogens is 2. The molecule has 1 atom stereocenters. The maximum Gasteiger partial charge on any atom is 0.123 e. The minimum atomic E-state index is -0.726. The summed E-state index contributed by atoms with van der Waals surface area (Å²) < 4.78 is 14.8. The monoisotopic (exact) mass is 219 g/mol. The summed E-state index contributed by atoms with van der Waals surface area (Å²) in [5, 5.41) is 4.07. The van der Waals surface area contributed by atoms with Crippen molar-refractivity contribution < 1.29 is 4.39 Å². The number of nitrogens with two attached hydrogens (primary N) is 1. The highest BCUT2D eigenvalue weighted by Crippen LogP contribution is 2.26. The van der Waals surface area contributed by atoms with Crippen molar-refractivity contribution in [3.8, 4) is 0 Å². The van der Waals surface area contributed by atoms with Gasteiger partial charge in [-0.2, -0.15) is 5.10 Å². The number of benzene rings is 1. The van der Waals surface area contributed by atoms with E-state index in [1.807, 2.05) is 26.2 Å². The number of hydrogen-bond acceptors (Lipinski definition) is 2. The van der Waals surface area contributed by atoms with E-state index in [0.29, 0.717) is 0 Å². The molecule has 0 saturated carbocycles. The summed E-state index contributed by atoms with van der Waals surface area (Å²) in [5.74, 6) is -0.280. The first-order valence-electron chi connectivity index (χ1n) is 5.04. The molecule has 3 nitrogen and oxygen atoms in total. The normalized spacial score (nSPS) is 14.8. The fourth-order valence-corrected chi connectivity index (χ4v) is 1.67. The molecule has 0 aliphatic heterocycles. The Morgan fingerprint density at radius 1 is 1.38 bits per heavy atom. The molecule has 0 radical (unpaired) electrons. The highest BCUT2D eigenvalue weighted by Gasteiger charge is 2.25. The molecule has 0 fully saturated rings. The average molecular weight is 219 g/mol. The van der Waals surface area contributed by atoms with Crippen molar-refractivity contribution in [3.05, 3.63) is 53.6 Å². The van der Waals surface area contributed by atoms with Gasteiger partial charge in [0.25, 0.3) is 0 Å². The number of aryl methyl sites for hydroxylation is 1. The van der Waals surface area contributed by atoms with Crippen LogP contribution in [0.1, 0.15) is 18.1 Å². The van der Waals surface area contributed by atoms with Crippen molar-refractivity contribution in [1.82, 2.24) is 9.78 Å². The van der Waals surface area contributed by atoms with Gasteiger partial charge in [-0.3, -0.25) is 4.68 Å². The topological polar surface area (TPSA) is 43.8 Å². The molecule has 0 spiro atoms. The van der Waals surface area contributed by atoms with Crippen LogP contribution in [0, 0.1) is 5.82 Å². The van der Waals surface area contributed by atoms with Gasteiger partial charge in [-0.15, -0.1) is 0 Å². The van der Waals surface area contributed by atoms with Crippen LogP contribution in [0.25, 0.3) is 0 Å². The molecule has 2 rings (SSSR count). The highest BCUT2D eigenvalue weighted by atomic mass is 19.1. The van der Waals surface area contributed by atoms with E-state index in [1.165, 1.54) is 12.1 Å². The van der Waals surface area contributed by atoms with Gasteiger partial charge in [-0.25, -0.2) is 4.39 Å². The van der Waals surface area contributed by atoms with Gasteiger partial charge in [-0.05, 0) is 24.6 Å². The lowest BCUT2D eigenvalue weighted by molar-refractivity contribution is 0.581. The average Bonchev–Trinajstić information content (AvgIpc) is 2.65. The van der Waals surface area contributed by atoms with Gasteiger partial charge in [0, 0.05) is 18.8 Å². The van der Waals surface area contributed by atoms with Crippen molar-refractivity contribution in [1.29, 1.82) is 0 Å². The molecule has 2 N–H and O–H groups in total. The van der Waals surface area contributed by atoms with Crippen molar-refractivity contribution in [2.24, 2.45) is 12.8 Å². The summed E-state index contributed by atoms with van der Waals surface area (Å²) in [7, 11) is 1.82. The molecule has 0 aliphatic carbocycles. The van der Waals surface area contributed by atoms with Crippen LogP contribution in [-0.2, 0) is 12.6 Å². The number of nitrogens with zero attached hydrogens (tertiary/aromatic N) is 2. The third-order valence-corrected chi connectivity index (χ3v) is 2.73. The Bertz CT molecular complexity index is 502. The third kappa shape index (κ3) is 1.84. The molecule has 16 heavy (non-hydrogen) atoms. The molecule has 0 saturated heterocycles. The molecule has 1 aromatic heterocycles. The predicted molar refractivity (Wildman–Crippen MR) is 60.2 cm³/mol. The smallest absolute Gasteiger partial charge is 0.123 e. The van der Waals surface area contributed by atoms with Crippen LogP contribution < -0.4 is 5.73 Å². The van der Waals surface area contributed by atoms with Gasteiger partial charge in [0.2, 0.25) is 0 Å². The Hall–Kier alpha value is -1.68. The van der Waals surface area contributed by atoms with E-state index in [2.05, 4.69) is 5.10 Å². The van der Waals surface area contributed by atoms with Crippen LogP contribution in [0.4, 0.5) is 4.39 Å². The van der Waals surface area contributed by atoms with E-state index >= 15 is 0 Å². The Kier molecular flexibility index (Phi) is 2.52. The van der Waals surface area contributed by atoms with Crippen molar-refractivity contribution in [3.63, 3.8) is 0 Å². The molecule has 1 aromatic carbocycles. The van der Waals surface area contributed by atoms with Gasteiger partial charge in [-0.1, -0.05) is 12.1 Å². The molecule has 1 unspecified atom stereocenters. The van der Waals surface area contributed by atoms with Gasteiger partial charge in [0.1, 0.15) is 5.82 Å². The summed E-state index contributed by atoms with van der Waals surface area (Å²) >= 11 is 0. The van der Waals surface area contributed by atoms with E-state index in [9.17, 15) is 4.39 Å². The van der Waals surface area contributed by atoms with E-state index in [4.69, 9.17) is 5.73 Å². The maximum atomic E-state index is 13.1. The fraction of sp³-hybridized carbons (Fsp3) is 0.250. The number of halogens is 1. The summed E-state index contributed by atoms with van der Waals surface area (Å²) in [6.45, 7) is 1.85. The minimum Gasteiger partial charge on any atom is -0.318 e. The second-order valence-corrected chi connectivity index (χ2v) is 4.12. The Morgan fingerprint density at radius 2 is 2.12 bits per heavy atom. The minimum absolute atomic E-state index is 0.280. The zero-order valence-electron chi connectivity index (χ0n) is 9.31. The number of hydrogen-bond donors (Lipinski definition) is 1. The molecule has 0 amide bonds. The first-order chi connectivity index (χ1) is 7.50. The lowest BCUT2D eigenvalue weighted by atomic mass is 9.88. The summed E-state index contributed by atoms with van der Waals surface area (Å²) in [4.78, 5) is 0. The SMILES string of the molecule is Cn1cc(C(C)(N)c2cccc(F)c2)cn1. The van der Waals surface area contributed by atoms with Crippen LogP contribution in [0.5, 0.6) is 0 Å². The van der Waals surface area contributed by atoms with Crippen LogP contribution >= 0.6 is 0 Å². The molecular weight excluding hydrogens is 205 g/mol. The quantitative estimate of drug-likeness (QED) is 0.836. The van der Waals surface area contributed by atoms with E-state index in [-0.39, 0.29) is 5.82 Å². The lowest BCUT2D eigenvalue weighted by Gasteiger charge is -2.23. The van der Waals surface area contributed by atoms with Crippen molar-refractivity contribution in [2.45, 2.75) is 12.5 Å². The molecule has 2 aromatic rings. The summed E-state index contributed by atoms with van der Waals surface area (Å²) in [6.07, 6.45) is 3.54. The van der Waals surface area contributed by atoms with Gasteiger partial charge < -0.3 is 5.73 Å². The summed E-state index contributed by atoms with van der Waals surface area (Å²) in [5.41, 5.74) is 7.09. The molecule has 4 heteroatoms. The zero-order chi connectivity index (χ0) is 11.8. The first-order valence-corrected chi connectivity index (χ1v) is 5.04. The lowest BCUT2D eigenvalue weighted by Crippen LogP contribution is -2.34. The third-order valence-electron chi connectivity index (χ3n) is 2.73. The molecule has 1 heterocycles. The molecule has 0 bridgehead atoms. The largest absolute Gasteiger partial charge is 0.318 e. The second-order valence-electron chi connectivity index (χ2n) is 4.12. The molecular formula is C12H14FN3. The maximum absolute atomic E-state index is 13.1. The Morgan fingerprint density at radius 3 is 2.69 bits per heavy atom. The fourth-order valence-electron chi connectivity index (χ4n) is 1.67. The Balaban J connectivity index is 2.46. The van der Waals surface area contributed by atoms with Crippen LogP contribution in [0.3, 0.4) is 0 Å². The van der Waals surface area contributed by atoms with Crippen molar-refractivity contribution >= 4 is 0 Å². The number of rotatable bonds is 2. The van der Waals surface area contributed by atoms with Crippen LogP contribution in [0.15, 0.2) is 36.7 Å². The zero-order valence-corrected chi connectivity index (χ0v) is 9.31. The van der Waals surface area contributed by atoms with Gasteiger partial charge in [0.05, 0.1) is 11.7 Å². The van der Waals surface area contributed by atoms with Crippen LogP contribution in [0.2, 0.25) is 0 Å². The molecule has 84 valence electrons. The van der Waals surface area contributed by atoms with Gasteiger partial charge in [0.15, 0.2) is 0 Å². The standard InChI is InChI=1S/C12H14FN3/c1-12(14,10-7-15-16(2)8-10)9-4-3-5-11(13)6-9/h3-8H,14H2,1-2H3. The highest BCUT2D eigenvalue weighted by molar-refractivity contribution is 5.34. The van der Waals surface area contributed by atoms with Crippen molar-refractivity contribution in [2.75, 3.05) is 0 Å². The van der Waals surface area contributed by atoms with E-state index in [1.54, 1.807) is 16.9 Å².